The molecule has 16 heavy (non-hydrogen) atoms. The lowest BCUT2D eigenvalue weighted by molar-refractivity contribution is 0.199. The molecule has 2 rings (SSSR count). The number of rotatable bonds is 7. The Hall–Kier alpha value is -0.870. The summed E-state index contributed by atoms with van der Waals surface area (Å²) in [5.74, 6) is 2.39. The van der Waals surface area contributed by atoms with Crippen LogP contribution in [0.3, 0.4) is 0 Å². The van der Waals surface area contributed by atoms with E-state index in [4.69, 9.17) is 9.15 Å². The minimum atomic E-state index is 0.515. The van der Waals surface area contributed by atoms with Crippen LogP contribution in [0.5, 0.6) is 0 Å². The predicted octanol–water partition coefficient (Wildman–Crippen LogP) is 1.92. The number of oxazole rings is 1. The quantitative estimate of drug-likeness (QED) is 0.719. The zero-order chi connectivity index (χ0) is 11.4. The molecule has 0 bridgehead atoms. The highest BCUT2D eigenvalue weighted by atomic mass is 16.5. The first-order valence-corrected chi connectivity index (χ1v) is 5.95. The van der Waals surface area contributed by atoms with Crippen LogP contribution < -0.4 is 5.32 Å². The van der Waals surface area contributed by atoms with E-state index in [0.717, 1.165) is 37.1 Å². The van der Waals surface area contributed by atoms with Crippen LogP contribution in [0.25, 0.3) is 0 Å². The zero-order valence-electron chi connectivity index (χ0n) is 10.0. The molecule has 1 unspecified atom stereocenters. The van der Waals surface area contributed by atoms with E-state index in [2.05, 4.69) is 17.2 Å². The van der Waals surface area contributed by atoms with Crippen molar-refractivity contribution in [2.45, 2.75) is 32.2 Å². The number of hydrogen-bond donors (Lipinski definition) is 1. The third-order valence-corrected chi connectivity index (χ3v) is 3.19. The summed E-state index contributed by atoms with van der Waals surface area (Å²) in [5, 5.41) is 3.30. The van der Waals surface area contributed by atoms with E-state index in [1.165, 1.54) is 12.8 Å². The minimum Gasteiger partial charge on any atom is -0.448 e. The topological polar surface area (TPSA) is 47.3 Å². The van der Waals surface area contributed by atoms with Gasteiger partial charge in [0.25, 0.3) is 0 Å². The summed E-state index contributed by atoms with van der Waals surface area (Å²) in [6.45, 7) is 4.58. The second-order valence-corrected chi connectivity index (χ2v) is 4.46. The van der Waals surface area contributed by atoms with Gasteiger partial charge in [0.1, 0.15) is 5.76 Å². The maximum absolute atomic E-state index is 5.50. The molecule has 0 spiro atoms. The first-order chi connectivity index (χ1) is 7.83. The molecule has 1 aromatic rings. The van der Waals surface area contributed by atoms with Crippen molar-refractivity contribution in [2.24, 2.45) is 5.92 Å². The highest BCUT2D eigenvalue weighted by molar-refractivity contribution is 5.14. The molecule has 1 saturated carbocycles. The molecule has 0 saturated heterocycles. The lowest BCUT2D eigenvalue weighted by atomic mass is 10.0. The number of nitrogens with one attached hydrogen (secondary N) is 1. The van der Waals surface area contributed by atoms with Crippen LogP contribution in [0.15, 0.2) is 10.8 Å². The normalized spacial score (nSPS) is 17.6. The maximum atomic E-state index is 5.50. The number of ether oxygens (including phenoxy) is 1. The first kappa shape index (κ1) is 11.6. The molecule has 1 aliphatic carbocycles. The van der Waals surface area contributed by atoms with Gasteiger partial charge in [0, 0.05) is 26.1 Å². The molecular weight excluding hydrogens is 204 g/mol. The van der Waals surface area contributed by atoms with E-state index in [1.54, 1.807) is 13.5 Å². The Morgan fingerprint density at radius 1 is 1.62 bits per heavy atom. The van der Waals surface area contributed by atoms with Crippen molar-refractivity contribution in [3.8, 4) is 0 Å². The zero-order valence-corrected chi connectivity index (χ0v) is 10.0. The van der Waals surface area contributed by atoms with E-state index in [-0.39, 0.29) is 0 Å². The minimum absolute atomic E-state index is 0.515. The molecule has 1 atom stereocenters. The fourth-order valence-electron chi connectivity index (χ4n) is 1.97. The van der Waals surface area contributed by atoms with Gasteiger partial charge in [-0.3, -0.25) is 0 Å². The van der Waals surface area contributed by atoms with Crippen molar-refractivity contribution < 1.29 is 9.15 Å². The third kappa shape index (κ3) is 2.83. The van der Waals surface area contributed by atoms with Gasteiger partial charge >= 0.3 is 0 Å². The summed E-state index contributed by atoms with van der Waals surface area (Å²) in [5.41, 5.74) is 1.05. The summed E-state index contributed by atoms with van der Waals surface area (Å²) >= 11 is 0. The van der Waals surface area contributed by atoms with Crippen molar-refractivity contribution in [3.63, 3.8) is 0 Å². The molecule has 0 aromatic carbocycles. The van der Waals surface area contributed by atoms with Crippen molar-refractivity contribution >= 4 is 0 Å². The number of hydrogen-bond acceptors (Lipinski definition) is 4. The first-order valence-electron chi connectivity index (χ1n) is 5.95. The summed E-state index contributed by atoms with van der Waals surface area (Å²) in [6, 6.07) is 0. The lowest BCUT2D eigenvalue weighted by Crippen LogP contribution is -2.19. The second kappa shape index (κ2) is 5.46. The predicted molar refractivity (Wildman–Crippen MR) is 61.2 cm³/mol. The maximum Gasteiger partial charge on any atom is 0.181 e. The van der Waals surface area contributed by atoms with Gasteiger partial charge in [0.15, 0.2) is 6.39 Å². The number of nitrogens with zero attached hydrogens (tertiary/aromatic N) is 1. The van der Waals surface area contributed by atoms with Crippen LogP contribution in [0.1, 0.15) is 37.1 Å². The SMILES string of the molecule is COCCNCc1ncoc1C(C)C1CC1. The Morgan fingerprint density at radius 2 is 2.44 bits per heavy atom. The van der Waals surface area contributed by atoms with Crippen molar-refractivity contribution in [3.05, 3.63) is 17.8 Å². The molecule has 4 nitrogen and oxygen atoms in total. The van der Waals surface area contributed by atoms with Crippen molar-refractivity contribution in [1.82, 2.24) is 10.3 Å². The van der Waals surface area contributed by atoms with Gasteiger partial charge in [-0.1, -0.05) is 6.92 Å². The van der Waals surface area contributed by atoms with Crippen LogP contribution in [0.2, 0.25) is 0 Å². The van der Waals surface area contributed by atoms with Gasteiger partial charge in [-0.15, -0.1) is 0 Å². The molecule has 90 valence electrons. The van der Waals surface area contributed by atoms with Crippen LogP contribution in [0.4, 0.5) is 0 Å². The highest BCUT2D eigenvalue weighted by Gasteiger charge is 2.32. The molecular formula is C12H20N2O2. The van der Waals surface area contributed by atoms with Crippen molar-refractivity contribution in [1.29, 1.82) is 0 Å². The third-order valence-electron chi connectivity index (χ3n) is 3.19. The summed E-state index contributed by atoms with van der Waals surface area (Å²) < 4.78 is 10.5. The summed E-state index contributed by atoms with van der Waals surface area (Å²) in [6.07, 6.45) is 4.22. The van der Waals surface area contributed by atoms with Crippen LogP contribution in [-0.2, 0) is 11.3 Å². The van der Waals surface area contributed by atoms with Gasteiger partial charge in [-0.25, -0.2) is 4.98 Å². The highest BCUT2D eigenvalue weighted by Crippen LogP contribution is 2.42. The molecule has 1 fully saturated rings. The van der Waals surface area contributed by atoms with E-state index >= 15 is 0 Å². The largest absolute Gasteiger partial charge is 0.448 e. The van der Waals surface area contributed by atoms with E-state index in [1.807, 2.05) is 0 Å². The molecule has 1 aliphatic rings. The van der Waals surface area contributed by atoms with E-state index in [9.17, 15) is 0 Å². The lowest BCUT2D eigenvalue weighted by Gasteiger charge is -2.09. The van der Waals surface area contributed by atoms with Crippen LogP contribution in [0, 0.1) is 5.92 Å². The monoisotopic (exact) mass is 224 g/mol. The number of methoxy groups -OCH3 is 1. The molecule has 1 aromatic heterocycles. The second-order valence-electron chi connectivity index (χ2n) is 4.46. The van der Waals surface area contributed by atoms with Gasteiger partial charge < -0.3 is 14.5 Å². The molecule has 1 heterocycles. The Balaban J connectivity index is 1.85. The molecule has 4 heteroatoms. The Bertz CT molecular complexity index is 321. The Labute approximate surface area is 96.4 Å². The van der Waals surface area contributed by atoms with E-state index in [0.29, 0.717) is 5.92 Å². The Morgan fingerprint density at radius 3 is 3.12 bits per heavy atom. The fraction of sp³-hybridized carbons (Fsp3) is 0.750. The van der Waals surface area contributed by atoms with Gasteiger partial charge in [-0.2, -0.15) is 0 Å². The van der Waals surface area contributed by atoms with Crippen LogP contribution >= 0.6 is 0 Å². The standard InChI is InChI=1S/C12H20N2O2/c1-9(10-3-4-10)12-11(14-8-16-12)7-13-5-6-15-2/h8-10,13H,3-7H2,1-2H3. The number of aromatic nitrogens is 1. The van der Waals surface area contributed by atoms with Gasteiger partial charge in [0.05, 0.1) is 12.3 Å². The average Bonchev–Trinajstić information content (AvgIpc) is 3.03. The van der Waals surface area contributed by atoms with Gasteiger partial charge in [-0.05, 0) is 18.8 Å². The van der Waals surface area contributed by atoms with Crippen molar-refractivity contribution in [2.75, 3.05) is 20.3 Å². The van der Waals surface area contributed by atoms with E-state index < -0.39 is 0 Å². The van der Waals surface area contributed by atoms with Crippen LogP contribution in [-0.4, -0.2) is 25.2 Å². The average molecular weight is 224 g/mol. The van der Waals surface area contributed by atoms with Gasteiger partial charge in [0.2, 0.25) is 0 Å². The molecule has 0 aliphatic heterocycles. The summed E-state index contributed by atoms with van der Waals surface area (Å²) in [4.78, 5) is 4.28. The fourth-order valence-corrected chi connectivity index (χ4v) is 1.97. The molecule has 0 amide bonds. The molecule has 0 radical (unpaired) electrons. The molecule has 1 N–H and O–H groups in total. The summed E-state index contributed by atoms with van der Waals surface area (Å²) in [7, 11) is 1.71. The Kier molecular flexibility index (Phi) is 3.96. The smallest absolute Gasteiger partial charge is 0.181 e.